The summed E-state index contributed by atoms with van der Waals surface area (Å²) in [4.78, 5) is 2.13. The first-order valence-corrected chi connectivity index (χ1v) is 3.69. The van der Waals surface area contributed by atoms with Crippen molar-refractivity contribution in [3.05, 3.63) is 0 Å². The zero-order valence-electron chi connectivity index (χ0n) is 7.09. The lowest BCUT2D eigenvalue weighted by atomic mass is 10.4. The molecule has 0 aromatic carbocycles. The minimum atomic E-state index is -0.373. The van der Waals surface area contributed by atoms with Crippen LogP contribution in [0.4, 0.5) is 0 Å². The molecule has 0 saturated heterocycles. The molecule has 0 amide bonds. The number of aliphatic hydroxyl groups excluding tert-OH is 1. The molecule has 0 fully saturated rings. The van der Waals surface area contributed by atoms with E-state index in [1.54, 1.807) is 6.92 Å². The second kappa shape index (κ2) is 5.65. The molecule has 0 aromatic heterocycles. The van der Waals surface area contributed by atoms with Crippen LogP contribution in [-0.4, -0.2) is 43.4 Å². The summed E-state index contributed by atoms with van der Waals surface area (Å²) in [5, 5.41) is 11.7. The Morgan fingerprint density at radius 2 is 2.10 bits per heavy atom. The molecule has 0 aliphatic heterocycles. The second-order valence-corrected chi connectivity index (χ2v) is 2.79. The first kappa shape index (κ1) is 9.88. The maximum absolute atomic E-state index is 8.79. The van der Waals surface area contributed by atoms with Crippen molar-refractivity contribution >= 4 is 0 Å². The van der Waals surface area contributed by atoms with Gasteiger partial charge < -0.3 is 10.0 Å². The normalized spacial score (nSPS) is 14.1. The van der Waals surface area contributed by atoms with Crippen LogP contribution in [0.2, 0.25) is 0 Å². The lowest BCUT2D eigenvalue weighted by molar-refractivity contribution is 0.155. The quantitative estimate of drug-likeness (QED) is 0.419. The van der Waals surface area contributed by atoms with E-state index in [1.165, 1.54) is 0 Å². The van der Waals surface area contributed by atoms with Gasteiger partial charge in [-0.1, -0.05) is 0 Å². The van der Waals surface area contributed by atoms with Gasteiger partial charge in [-0.25, -0.2) is 0 Å². The highest BCUT2D eigenvalue weighted by Gasteiger charge is 1.93. The predicted molar refractivity (Wildman–Crippen MR) is 42.9 cm³/mol. The van der Waals surface area contributed by atoms with Crippen LogP contribution in [0.15, 0.2) is 0 Å². The van der Waals surface area contributed by atoms with E-state index >= 15 is 0 Å². The lowest BCUT2D eigenvalue weighted by Crippen LogP contribution is -2.28. The summed E-state index contributed by atoms with van der Waals surface area (Å²) in [6, 6.07) is 0. The topological polar surface area (TPSA) is 35.5 Å². The third-order valence-electron chi connectivity index (χ3n) is 1.22. The Hall–Kier alpha value is -0.120. The fourth-order valence-corrected chi connectivity index (χ4v) is 0.706. The molecular formula is C7H18N2O. The smallest absolute Gasteiger partial charge is 0.102 e. The van der Waals surface area contributed by atoms with E-state index in [0.29, 0.717) is 0 Å². The summed E-state index contributed by atoms with van der Waals surface area (Å²) >= 11 is 0. The highest BCUT2D eigenvalue weighted by molar-refractivity contribution is 4.49. The Labute approximate surface area is 63.0 Å². The van der Waals surface area contributed by atoms with Gasteiger partial charge in [0, 0.05) is 0 Å². The molecule has 2 N–H and O–H groups in total. The molecule has 0 spiro atoms. The molecule has 3 nitrogen and oxygen atoms in total. The van der Waals surface area contributed by atoms with Gasteiger partial charge in [-0.3, -0.25) is 5.32 Å². The van der Waals surface area contributed by atoms with Crippen molar-refractivity contribution in [3.8, 4) is 0 Å². The number of hydrogen-bond acceptors (Lipinski definition) is 3. The highest BCUT2D eigenvalue weighted by Crippen LogP contribution is 1.81. The van der Waals surface area contributed by atoms with E-state index in [0.717, 1.165) is 19.5 Å². The van der Waals surface area contributed by atoms with E-state index in [-0.39, 0.29) is 6.23 Å². The molecule has 0 heterocycles. The Kier molecular flexibility index (Phi) is 5.58. The van der Waals surface area contributed by atoms with Crippen LogP contribution < -0.4 is 5.32 Å². The number of rotatable bonds is 5. The third kappa shape index (κ3) is 7.88. The largest absolute Gasteiger partial charge is 0.379 e. The van der Waals surface area contributed by atoms with Crippen LogP contribution in [0, 0.1) is 0 Å². The average Bonchev–Trinajstić information content (AvgIpc) is 1.79. The monoisotopic (exact) mass is 146 g/mol. The Balaban J connectivity index is 2.91. The lowest BCUT2D eigenvalue weighted by Gasteiger charge is -2.10. The van der Waals surface area contributed by atoms with Gasteiger partial charge in [0.25, 0.3) is 0 Å². The highest BCUT2D eigenvalue weighted by atomic mass is 16.3. The van der Waals surface area contributed by atoms with Gasteiger partial charge in [0.05, 0.1) is 0 Å². The van der Waals surface area contributed by atoms with Crippen LogP contribution in [-0.2, 0) is 0 Å². The standard InChI is InChI=1S/C7H18N2O/c1-7(10)8-5-4-6-9(2)3/h7-8,10H,4-6H2,1-3H3. The zero-order chi connectivity index (χ0) is 7.98. The van der Waals surface area contributed by atoms with E-state index in [1.807, 2.05) is 14.1 Å². The van der Waals surface area contributed by atoms with Crippen molar-refractivity contribution < 1.29 is 5.11 Å². The van der Waals surface area contributed by atoms with Crippen LogP contribution in [0.3, 0.4) is 0 Å². The van der Waals surface area contributed by atoms with Gasteiger partial charge in [-0.2, -0.15) is 0 Å². The molecule has 0 aliphatic rings. The Morgan fingerprint density at radius 1 is 1.50 bits per heavy atom. The van der Waals surface area contributed by atoms with Gasteiger partial charge in [-0.05, 0) is 40.5 Å². The van der Waals surface area contributed by atoms with Crippen molar-refractivity contribution in [3.63, 3.8) is 0 Å². The van der Waals surface area contributed by atoms with Gasteiger partial charge in [0.2, 0.25) is 0 Å². The van der Waals surface area contributed by atoms with Crippen molar-refractivity contribution in [2.24, 2.45) is 0 Å². The fraction of sp³-hybridized carbons (Fsp3) is 1.00. The van der Waals surface area contributed by atoms with Crippen LogP contribution in [0.5, 0.6) is 0 Å². The Morgan fingerprint density at radius 3 is 2.50 bits per heavy atom. The molecule has 1 unspecified atom stereocenters. The number of hydrogen-bond donors (Lipinski definition) is 2. The SMILES string of the molecule is CC(O)NCCCN(C)C. The third-order valence-corrected chi connectivity index (χ3v) is 1.22. The number of nitrogens with one attached hydrogen (secondary N) is 1. The Bertz CT molecular complexity index is 64.0. The van der Waals surface area contributed by atoms with Crippen LogP contribution >= 0.6 is 0 Å². The summed E-state index contributed by atoms with van der Waals surface area (Å²) in [5.41, 5.74) is 0. The molecule has 0 aromatic rings. The van der Waals surface area contributed by atoms with Gasteiger partial charge in [-0.15, -0.1) is 0 Å². The minimum absolute atomic E-state index is 0.373. The van der Waals surface area contributed by atoms with Crippen LogP contribution in [0.25, 0.3) is 0 Å². The maximum atomic E-state index is 8.79. The first-order chi connectivity index (χ1) is 4.63. The van der Waals surface area contributed by atoms with Gasteiger partial charge in [0.15, 0.2) is 0 Å². The van der Waals surface area contributed by atoms with Crippen molar-refractivity contribution in [1.82, 2.24) is 10.2 Å². The summed E-state index contributed by atoms with van der Waals surface area (Å²) in [6.45, 7) is 3.69. The van der Waals surface area contributed by atoms with Gasteiger partial charge >= 0.3 is 0 Å². The van der Waals surface area contributed by atoms with E-state index in [4.69, 9.17) is 5.11 Å². The predicted octanol–water partition coefficient (Wildman–Crippen LogP) is -0.134. The van der Waals surface area contributed by atoms with E-state index < -0.39 is 0 Å². The summed E-state index contributed by atoms with van der Waals surface area (Å²) in [6.07, 6.45) is 0.708. The van der Waals surface area contributed by atoms with Crippen molar-refractivity contribution in [2.75, 3.05) is 27.2 Å². The summed E-state index contributed by atoms with van der Waals surface area (Å²) in [5.74, 6) is 0. The fourth-order valence-electron chi connectivity index (χ4n) is 0.706. The molecule has 0 radical (unpaired) electrons. The molecule has 62 valence electrons. The number of aliphatic hydroxyl groups is 1. The van der Waals surface area contributed by atoms with Crippen molar-refractivity contribution in [1.29, 1.82) is 0 Å². The molecule has 0 aliphatic carbocycles. The second-order valence-electron chi connectivity index (χ2n) is 2.79. The van der Waals surface area contributed by atoms with E-state index in [9.17, 15) is 0 Å². The minimum Gasteiger partial charge on any atom is -0.379 e. The zero-order valence-corrected chi connectivity index (χ0v) is 7.09. The maximum Gasteiger partial charge on any atom is 0.102 e. The molecule has 0 saturated carbocycles. The van der Waals surface area contributed by atoms with E-state index in [2.05, 4.69) is 10.2 Å². The molecule has 0 bridgehead atoms. The summed E-state index contributed by atoms with van der Waals surface area (Å²) in [7, 11) is 4.09. The summed E-state index contributed by atoms with van der Waals surface area (Å²) < 4.78 is 0. The molecule has 3 heteroatoms. The molecular weight excluding hydrogens is 128 g/mol. The van der Waals surface area contributed by atoms with Crippen LogP contribution in [0.1, 0.15) is 13.3 Å². The van der Waals surface area contributed by atoms with Gasteiger partial charge in [0.1, 0.15) is 6.23 Å². The first-order valence-electron chi connectivity index (χ1n) is 3.69. The molecule has 0 rings (SSSR count). The molecule has 1 atom stereocenters. The number of nitrogens with zero attached hydrogens (tertiary/aromatic N) is 1. The van der Waals surface area contributed by atoms with Crippen molar-refractivity contribution in [2.45, 2.75) is 19.6 Å². The molecule has 10 heavy (non-hydrogen) atoms. The average molecular weight is 146 g/mol.